The van der Waals surface area contributed by atoms with Gasteiger partial charge in [0.15, 0.2) is 0 Å². The first-order chi connectivity index (χ1) is 10.3. The highest BCUT2D eigenvalue weighted by Crippen LogP contribution is 2.28. The van der Waals surface area contributed by atoms with Crippen LogP contribution in [0.1, 0.15) is 56.8 Å². The maximum absolute atomic E-state index is 6.37. The van der Waals surface area contributed by atoms with E-state index in [-0.39, 0.29) is 12.2 Å². The number of hydrogen-bond donors (Lipinski definition) is 0. The second-order valence-corrected chi connectivity index (χ2v) is 5.64. The van der Waals surface area contributed by atoms with Gasteiger partial charge in [-0.1, -0.05) is 86.8 Å². The molecular weight excluding hydrogens is 256 g/mol. The summed E-state index contributed by atoms with van der Waals surface area (Å²) in [5, 5.41) is 0. The van der Waals surface area contributed by atoms with E-state index in [1.807, 2.05) is 0 Å². The third-order valence-electron chi connectivity index (χ3n) is 3.79. The van der Waals surface area contributed by atoms with Gasteiger partial charge in [0.05, 0.1) is 6.10 Å². The van der Waals surface area contributed by atoms with Crippen molar-refractivity contribution in [2.45, 2.75) is 51.7 Å². The molecule has 112 valence electrons. The molecule has 0 aliphatic carbocycles. The Bertz CT molecular complexity index is 452. The summed E-state index contributed by atoms with van der Waals surface area (Å²) in [4.78, 5) is 0. The zero-order valence-electron chi connectivity index (χ0n) is 13.2. The number of unbranched alkanes of at least 4 members (excludes halogenated alkanes) is 2. The monoisotopic (exact) mass is 282 g/mol. The normalized spacial score (nSPS) is 12.5. The minimum absolute atomic E-state index is 0.0315. The summed E-state index contributed by atoms with van der Waals surface area (Å²) in [5.74, 6) is 0. The molecule has 2 aromatic carbocycles. The molecule has 0 saturated carbocycles. The lowest BCUT2D eigenvalue weighted by Gasteiger charge is -2.23. The highest BCUT2D eigenvalue weighted by atomic mass is 16.5. The van der Waals surface area contributed by atoms with E-state index in [0.717, 1.165) is 6.42 Å². The van der Waals surface area contributed by atoms with Crippen molar-refractivity contribution in [3.8, 4) is 0 Å². The average Bonchev–Trinajstić information content (AvgIpc) is 2.54. The Hall–Kier alpha value is -1.60. The lowest BCUT2D eigenvalue weighted by molar-refractivity contribution is 0.0133. The molecule has 0 aromatic heterocycles. The van der Waals surface area contributed by atoms with E-state index in [9.17, 15) is 0 Å². The molecule has 0 fully saturated rings. The molecule has 1 unspecified atom stereocenters. The van der Waals surface area contributed by atoms with Crippen LogP contribution in [0.25, 0.3) is 0 Å². The van der Waals surface area contributed by atoms with Crippen molar-refractivity contribution >= 4 is 0 Å². The molecule has 0 radical (unpaired) electrons. The molecule has 0 amide bonds. The highest BCUT2D eigenvalue weighted by Gasteiger charge is 2.17. The first kappa shape index (κ1) is 15.8. The Kier molecular flexibility index (Phi) is 6.49. The SMILES string of the molecule is CCCCCC(C)OC(c1ccccc1)c1ccccc1. The molecule has 0 spiro atoms. The van der Waals surface area contributed by atoms with Crippen LogP contribution in [0.2, 0.25) is 0 Å². The molecule has 2 aromatic rings. The molecule has 0 N–H and O–H groups in total. The molecule has 21 heavy (non-hydrogen) atoms. The lowest BCUT2D eigenvalue weighted by atomic mass is 10.0. The van der Waals surface area contributed by atoms with Crippen LogP contribution >= 0.6 is 0 Å². The zero-order chi connectivity index (χ0) is 14.9. The topological polar surface area (TPSA) is 9.23 Å². The van der Waals surface area contributed by atoms with Gasteiger partial charge >= 0.3 is 0 Å². The molecule has 0 heterocycles. The van der Waals surface area contributed by atoms with Gasteiger partial charge in [-0.3, -0.25) is 0 Å². The van der Waals surface area contributed by atoms with Crippen LogP contribution in [0.15, 0.2) is 60.7 Å². The summed E-state index contributed by atoms with van der Waals surface area (Å²) in [7, 11) is 0. The molecule has 1 atom stereocenters. The van der Waals surface area contributed by atoms with E-state index in [1.165, 1.54) is 30.4 Å². The van der Waals surface area contributed by atoms with E-state index in [0.29, 0.717) is 0 Å². The molecular formula is C20H26O. The summed E-state index contributed by atoms with van der Waals surface area (Å²) in [6.45, 7) is 4.43. The Morgan fingerprint density at radius 2 is 1.33 bits per heavy atom. The number of rotatable bonds is 8. The lowest BCUT2D eigenvalue weighted by Crippen LogP contribution is -2.15. The van der Waals surface area contributed by atoms with Crippen LogP contribution in [0.3, 0.4) is 0 Å². The van der Waals surface area contributed by atoms with E-state index in [2.05, 4.69) is 74.5 Å². The fraction of sp³-hybridized carbons (Fsp3) is 0.400. The molecule has 0 aliphatic heterocycles. The van der Waals surface area contributed by atoms with Crippen LogP contribution in [-0.4, -0.2) is 6.10 Å². The molecule has 1 heteroatoms. The molecule has 0 bridgehead atoms. The van der Waals surface area contributed by atoms with Gasteiger partial charge in [0, 0.05) is 0 Å². The largest absolute Gasteiger partial charge is 0.366 e. The number of benzene rings is 2. The summed E-state index contributed by atoms with van der Waals surface area (Å²) < 4.78 is 6.37. The predicted molar refractivity (Wildman–Crippen MR) is 89.4 cm³/mol. The van der Waals surface area contributed by atoms with E-state index in [4.69, 9.17) is 4.74 Å². The van der Waals surface area contributed by atoms with Crippen molar-refractivity contribution in [3.05, 3.63) is 71.8 Å². The Balaban J connectivity index is 2.10. The smallest absolute Gasteiger partial charge is 0.108 e. The van der Waals surface area contributed by atoms with Gasteiger partial charge in [0.2, 0.25) is 0 Å². The molecule has 0 aliphatic rings. The molecule has 1 nitrogen and oxygen atoms in total. The van der Waals surface area contributed by atoms with Gasteiger partial charge in [-0.05, 0) is 24.5 Å². The van der Waals surface area contributed by atoms with Gasteiger partial charge in [0.1, 0.15) is 6.10 Å². The van der Waals surface area contributed by atoms with Crippen molar-refractivity contribution < 1.29 is 4.74 Å². The zero-order valence-corrected chi connectivity index (χ0v) is 13.2. The maximum Gasteiger partial charge on any atom is 0.108 e. The Morgan fingerprint density at radius 1 is 0.810 bits per heavy atom. The summed E-state index contributed by atoms with van der Waals surface area (Å²) in [5.41, 5.74) is 2.46. The predicted octanol–water partition coefficient (Wildman–Crippen LogP) is 5.76. The van der Waals surface area contributed by atoms with Gasteiger partial charge in [-0.15, -0.1) is 0 Å². The summed E-state index contributed by atoms with van der Waals surface area (Å²) in [6, 6.07) is 21.0. The Morgan fingerprint density at radius 3 is 1.81 bits per heavy atom. The highest BCUT2D eigenvalue weighted by molar-refractivity contribution is 5.29. The quantitative estimate of drug-likeness (QED) is 0.559. The minimum atomic E-state index is 0.0315. The van der Waals surface area contributed by atoms with Crippen LogP contribution in [0.4, 0.5) is 0 Å². The van der Waals surface area contributed by atoms with E-state index < -0.39 is 0 Å². The number of ether oxygens (including phenoxy) is 1. The molecule has 0 saturated heterocycles. The summed E-state index contributed by atoms with van der Waals surface area (Å²) in [6.07, 6.45) is 5.23. The van der Waals surface area contributed by atoms with Crippen LogP contribution in [-0.2, 0) is 4.74 Å². The number of hydrogen-bond acceptors (Lipinski definition) is 1. The molecule has 2 rings (SSSR count). The minimum Gasteiger partial charge on any atom is -0.366 e. The third-order valence-corrected chi connectivity index (χ3v) is 3.79. The third kappa shape index (κ3) is 5.02. The summed E-state index contributed by atoms with van der Waals surface area (Å²) >= 11 is 0. The van der Waals surface area contributed by atoms with E-state index >= 15 is 0 Å². The van der Waals surface area contributed by atoms with Gasteiger partial charge < -0.3 is 4.74 Å². The van der Waals surface area contributed by atoms with Crippen molar-refractivity contribution in [1.29, 1.82) is 0 Å². The van der Waals surface area contributed by atoms with Crippen LogP contribution in [0, 0.1) is 0 Å². The van der Waals surface area contributed by atoms with Crippen molar-refractivity contribution in [2.75, 3.05) is 0 Å². The van der Waals surface area contributed by atoms with Crippen LogP contribution in [0.5, 0.6) is 0 Å². The van der Waals surface area contributed by atoms with Crippen molar-refractivity contribution in [1.82, 2.24) is 0 Å². The second-order valence-electron chi connectivity index (χ2n) is 5.64. The standard InChI is InChI=1S/C20H26O/c1-3-4-7-12-17(2)21-20(18-13-8-5-9-14-18)19-15-10-6-11-16-19/h5-6,8-11,13-17,20H,3-4,7,12H2,1-2H3. The van der Waals surface area contributed by atoms with E-state index in [1.54, 1.807) is 0 Å². The fourth-order valence-electron chi connectivity index (χ4n) is 2.59. The average molecular weight is 282 g/mol. The van der Waals surface area contributed by atoms with Crippen molar-refractivity contribution in [2.24, 2.45) is 0 Å². The van der Waals surface area contributed by atoms with Gasteiger partial charge in [-0.2, -0.15) is 0 Å². The maximum atomic E-state index is 6.37. The van der Waals surface area contributed by atoms with Gasteiger partial charge in [-0.25, -0.2) is 0 Å². The first-order valence-corrected chi connectivity index (χ1v) is 8.06. The van der Waals surface area contributed by atoms with Gasteiger partial charge in [0.25, 0.3) is 0 Å². The van der Waals surface area contributed by atoms with Crippen LogP contribution < -0.4 is 0 Å². The second kappa shape index (κ2) is 8.63. The fourth-order valence-corrected chi connectivity index (χ4v) is 2.59. The van der Waals surface area contributed by atoms with Crippen molar-refractivity contribution in [3.63, 3.8) is 0 Å². The first-order valence-electron chi connectivity index (χ1n) is 8.06. The Labute approximate surface area is 129 Å².